The number of methoxy groups -OCH3 is 3. The van der Waals surface area contributed by atoms with Crippen LogP contribution >= 0.6 is 11.8 Å². The minimum Gasteiger partial charge on any atom is -0.493 e. The summed E-state index contributed by atoms with van der Waals surface area (Å²) in [5, 5.41) is 9.53. The first-order chi connectivity index (χ1) is 14.7. The molecule has 0 aliphatic rings. The van der Waals surface area contributed by atoms with E-state index in [1.54, 1.807) is 39.4 Å². The van der Waals surface area contributed by atoms with Gasteiger partial charge in [-0.3, -0.25) is 4.57 Å². The monoisotopic (exact) mass is 423 g/mol. The lowest BCUT2D eigenvalue weighted by atomic mass is 10.2. The zero-order valence-electron chi connectivity index (χ0n) is 16.9. The van der Waals surface area contributed by atoms with Crippen LogP contribution in [0.4, 0.5) is 0 Å². The van der Waals surface area contributed by atoms with E-state index in [2.05, 4.69) is 10.2 Å². The number of aromatic nitrogens is 3. The summed E-state index contributed by atoms with van der Waals surface area (Å²) in [6, 6.07) is 17.5. The lowest BCUT2D eigenvalue weighted by Gasteiger charge is -2.14. The zero-order chi connectivity index (χ0) is 20.9. The van der Waals surface area contributed by atoms with E-state index in [0.717, 1.165) is 16.4 Å². The first-order valence-electron chi connectivity index (χ1n) is 9.21. The van der Waals surface area contributed by atoms with Crippen LogP contribution in [0.15, 0.2) is 70.4 Å². The van der Waals surface area contributed by atoms with Crippen molar-refractivity contribution in [1.29, 1.82) is 0 Å². The lowest BCUT2D eigenvalue weighted by molar-refractivity contribution is 0.324. The second-order valence-electron chi connectivity index (χ2n) is 6.28. The predicted octanol–water partition coefficient (Wildman–Crippen LogP) is 4.85. The maximum atomic E-state index is 5.56. The van der Waals surface area contributed by atoms with Crippen molar-refractivity contribution in [2.45, 2.75) is 10.9 Å². The summed E-state index contributed by atoms with van der Waals surface area (Å²) in [4.78, 5) is 0. The van der Waals surface area contributed by atoms with Gasteiger partial charge in [-0.2, -0.15) is 0 Å². The SMILES string of the molecule is COc1cc(CSc2nnc(-c3ccco3)n2-c2ccccc2)cc(OC)c1OC. The number of ether oxygens (including phenoxy) is 3. The lowest BCUT2D eigenvalue weighted by Crippen LogP contribution is -1.99. The highest BCUT2D eigenvalue weighted by Gasteiger charge is 2.19. The highest BCUT2D eigenvalue weighted by atomic mass is 32.2. The topological polar surface area (TPSA) is 71.5 Å². The molecule has 0 N–H and O–H groups in total. The van der Waals surface area contributed by atoms with E-state index in [4.69, 9.17) is 18.6 Å². The molecule has 0 unspecified atom stereocenters. The minimum atomic E-state index is 0.571. The Morgan fingerprint density at radius 1 is 0.900 bits per heavy atom. The number of hydrogen-bond acceptors (Lipinski definition) is 7. The van der Waals surface area contributed by atoms with E-state index in [1.165, 1.54) is 0 Å². The fraction of sp³-hybridized carbons (Fsp3) is 0.182. The van der Waals surface area contributed by atoms with Crippen molar-refractivity contribution in [2.75, 3.05) is 21.3 Å². The molecule has 0 saturated carbocycles. The molecule has 2 aromatic heterocycles. The van der Waals surface area contributed by atoms with Gasteiger partial charge in [0.25, 0.3) is 0 Å². The molecule has 2 heterocycles. The molecule has 30 heavy (non-hydrogen) atoms. The second kappa shape index (κ2) is 8.96. The molecule has 4 aromatic rings. The molecule has 0 saturated heterocycles. The van der Waals surface area contributed by atoms with Crippen LogP contribution in [-0.4, -0.2) is 36.1 Å². The van der Waals surface area contributed by atoms with Crippen LogP contribution in [0.2, 0.25) is 0 Å². The molecule has 0 aliphatic carbocycles. The third-order valence-electron chi connectivity index (χ3n) is 4.48. The molecule has 8 heteroatoms. The molecule has 0 fully saturated rings. The van der Waals surface area contributed by atoms with Crippen molar-refractivity contribution in [3.63, 3.8) is 0 Å². The third-order valence-corrected chi connectivity index (χ3v) is 5.48. The van der Waals surface area contributed by atoms with Crippen LogP contribution in [-0.2, 0) is 5.75 Å². The van der Waals surface area contributed by atoms with Gasteiger partial charge in [0.15, 0.2) is 22.4 Å². The molecular formula is C22H21N3O4S. The number of para-hydroxylation sites is 1. The molecule has 0 radical (unpaired) electrons. The summed E-state index contributed by atoms with van der Waals surface area (Å²) in [5.41, 5.74) is 1.97. The summed E-state index contributed by atoms with van der Waals surface area (Å²) in [5.74, 6) is 3.76. The number of benzene rings is 2. The molecule has 2 aromatic carbocycles. The van der Waals surface area contributed by atoms with Gasteiger partial charge in [-0.05, 0) is 42.0 Å². The van der Waals surface area contributed by atoms with Crippen molar-refractivity contribution in [2.24, 2.45) is 0 Å². The van der Waals surface area contributed by atoms with E-state index in [9.17, 15) is 0 Å². The zero-order valence-corrected chi connectivity index (χ0v) is 17.7. The molecule has 0 bridgehead atoms. The van der Waals surface area contributed by atoms with E-state index < -0.39 is 0 Å². The fourth-order valence-electron chi connectivity index (χ4n) is 3.11. The Morgan fingerprint density at radius 3 is 2.23 bits per heavy atom. The van der Waals surface area contributed by atoms with Gasteiger partial charge in [-0.1, -0.05) is 30.0 Å². The third kappa shape index (κ3) is 3.86. The van der Waals surface area contributed by atoms with Gasteiger partial charge in [0.1, 0.15) is 0 Å². The van der Waals surface area contributed by atoms with Crippen LogP contribution < -0.4 is 14.2 Å². The molecular weight excluding hydrogens is 402 g/mol. The van der Waals surface area contributed by atoms with Crippen molar-refractivity contribution < 1.29 is 18.6 Å². The molecule has 0 spiro atoms. The molecule has 7 nitrogen and oxygen atoms in total. The van der Waals surface area contributed by atoms with Crippen LogP contribution in [0.3, 0.4) is 0 Å². The fourth-order valence-corrected chi connectivity index (χ4v) is 3.99. The summed E-state index contributed by atoms with van der Waals surface area (Å²) in [6.45, 7) is 0. The summed E-state index contributed by atoms with van der Waals surface area (Å²) >= 11 is 1.56. The summed E-state index contributed by atoms with van der Waals surface area (Å²) in [6.07, 6.45) is 1.63. The Balaban J connectivity index is 1.68. The van der Waals surface area contributed by atoms with Crippen molar-refractivity contribution >= 4 is 11.8 Å². The average Bonchev–Trinajstić information content (AvgIpc) is 3.47. The second-order valence-corrected chi connectivity index (χ2v) is 7.22. The number of nitrogens with zero attached hydrogens (tertiary/aromatic N) is 3. The Kier molecular flexibility index (Phi) is 5.94. The number of rotatable bonds is 8. The van der Waals surface area contributed by atoms with Crippen LogP contribution in [0.1, 0.15) is 5.56 Å². The first-order valence-corrected chi connectivity index (χ1v) is 10.2. The van der Waals surface area contributed by atoms with E-state index in [-0.39, 0.29) is 0 Å². The van der Waals surface area contributed by atoms with Gasteiger partial charge in [-0.15, -0.1) is 10.2 Å². The highest BCUT2D eigenvalue weighted by Crippen LogP contribution is 2.40. The Hall–Kier alpha value is -3.39. The average molecular weight is 423 g/mol. The maximum absolute atomic E-state index is 5.56. The maximum Gasteiger partial charge on any atom is 0.205 e. The Bertz CT molecular complexity index is 1090. The number of hydrogen-bond donors (Lipinski definition) is 0. The van der Waals surface area contributed by atoms with Gasteiger partial charge in [0.2, 0.25) is 11.6 Å². The Morgan fingerprint density at radius 2 is 1.63 bits per heavy atom. The standard InChI is InChI=1S/C22H21N3O4S/c1-26-18-12-15(13-19(27-2)20(18)28-3)14-30-22-24-23-21(17-10-7-11-29-17)25(22)16-8-5-4-6-9-16/h4-13H,14H2,1-3H3. The quantitative estimate of drug-likeness (QED) is 0.375. The van der Waals surface area contributed by atoms with E-state index >= 15 is 0 Å². The smallest absolute Gasteiger partial charge is 0.205 e. The minimum absolute atomic E-state index is 0.571. The molecule has 0 atom stereocenters. The predicted molar refractivity (Wildman–Crippen MR) is 115 cm³/mol. The van der Waals surface area contributed by atoms with E-state index in [0.29, 0.717) is 34.6 Å². The largest absolute Gasteiger partial charge is 0.493 e. The molecule has 0 amide bonds. The van der Waals surface area contributed by atoms with Crippen molar-refractivity contribution in [1.82, 2.24) is 14.8 Å². The summed E-state index contributed by atoms with van der Waals surface area (Å²) < 4.78 is 23.9. The van der Waals surface area contributed by atoms with Crippen molar-refractivity contribution in [3.05, 3.63) is 66.4 Å². The van der Waals surface area contributed by atoms with Crippen LogP contribution in [0.5, 0.6) is 17.2 Å². The first kappa shape index (κ1) is 19.9. The van der Waals surface area contributed by atoms with Gasteiger partial charge in [-0.25, -0.2) is 0 Å². The normalized spacial score (nSPS) is 10.8. The van der Waals surface area contributed by atoms with E-state index in [1.807, 2.05) is 59.2 Å². The van der Waals surface area contributed by atoms with Crippen molar-refractivity contribution in [3.8, 4) is 34.5 Å². The van der Waals surface area contributed by atoms with Gasteiger partial charge < -0.3 is 18.6 Å². The molecule has 4 rings (SSSR count). The number of furan rings is 1. The van der Waals surface area contributed by atoms with Gasteiger partial charge in [0, 0.05) is 11.4 Å². The summed E-state index contributed by atoms with van der Waals surface area (Å²) in [7, 11) is 4.80. The van der Waals surface area contributed by atoms with Crippen LogP contribution in [0, 0.1) is 0 Å². The molecule has 0 aliphatic heterocycles. The number of thioether (sulfide) groups is 1. The highest BCUT2D eigenvalue weighted by molar-refractivity contribution is 7.98. The van der Waals surface area contributed by atoms with Gasteiger partial charge in [0.05, 0.1) is 27.6 Å². The van der Waals surface area contributed by atoms with Crippen LogP contribution in [0.25, 0.3) is 17.3 Å². The Labute approximate surface area is 178 Å². The molecule has 154 valence electrons. The van der Waals surface area contributed by atoms with Gasteiger partial charge >= 0.3 is 0 Å².